The lowest BCUT2D eigenvalue weighted by Gasteiger charge is -2.35. The number of anilines is 1. The van der Waals surface area contributed by atoms with Crippen LogP contribution < -0.4 is 10.6 Å². The van der Waals surface area contributed by atoms with Gasteiger partial charge in [0, 0.05) is 18.8 Å². The normalized spacial score (nSPS) is 17.4. The highest BCUT2D eigenvalue weighted by Crippen LogP contribution is 2.19. The first-order valence-corrected chi connectivity index (χ1v) is 6.95. The van der Waals surface area contributed by atoms with Gasteiger partial charge in [0.15, 0.2) is 0 Å². The standard InChI is InChI=1S/C13H21N5S/c1-9-8-11(12(14)19)16-13(15-9)18(3)10-4-6-17(2)7-5-10/h8,10H,4-7H2,1-3H3,(H2,14,19). The van der Waals surface area contributed by atoms with Crippen molar-refractivity contribution in [1.29, 1.82) is 0 Å². The van der Waals surface area contributed by atoms with Gasteiger partial charge in [0.05, 0.1) is 0 Å². The molecule has 5 nitrogen and oxygen atoms in total. The molecule has 0 unspecified atom stereocenters. The number of rotatable bonds is 3. The Morgan fingerprint density at radius 3 is 2.63 bits per heavy atom. The number of nitrogens with two attached hydrogens (primary N) is 1. The van der Waals surface area contributed by atoms with Crippen LogP contribution in [0, 0.1) is 6.92 Å². The molecular weight excluding hydrogens is 258 g/mol. The van der Waals surface area contributed by atoms with Crippen LogP contribution >= 0.6 is 12.2 Å². The summed E-state index contributed by atoms with van der Waals surface area (Å²) in [6.07, 6.45) is 2.26. The van der Waals surface area contributed by atoms with Crippen LogP contribution in [0.15, 0.2) is 6.07 Å². The third kappa shape index (κ3) is 3.39. The van der Waals surface area contributed by atoms with Crippen molar-refractivity contribution in [3.8, 4) is 0 Å². The molecule has 0 amide bonds. The summed E-state index contributed by atoms with van der Waals surface area (Å²) in [4.78, 5) is 13.8. The lowest BCUT2D eigenvalue weighted by molar-refractivity contribution is 0.252. The molecule has 2 heterocycles. The molecule has 104 valence electrons. The van der Waals surface area contributed by atoms with Gasteiger partial charge in [-0.15, -0.1) is 0 Å². The van der Waals surface area contributed by atoms with E-state index in [1.807, 2.05) is 20.0 Å². The van der Waals surface area contributed by atoms with Crippen LogP contribution in [0.5, 0.6) is 0 Å². The molecule has 0 spiro atoms. The number of likely N-dealkylation sites (tertiary alicyclic amines) is 1. The van der Waals surface area contributed by atoms with Gasteiger partial charge in [-0.1, -0.05) is 12.2 Å². The van der Waals surface area contributed by atoms with Crippen molar-refractivity contribution < 1.29 is 0 Å². The van der Waals surface area contributed by atoms with Gasteiger partial charge < -0.3 is 15.5 Å². The fraction of sp³-hybridized carbons (Fsp3) is 0.615. The van der Waals surface area contributed by atoms with Gasteiger partial charge in [-0.25, -0.2) is 9.97 Å². The van der Waals surface area contributed by atoms with Crippen LogP contribution in [0.25, 0.3) is 0 Å². The van der Waals surface area contributed by atoms with E-state index >= 15 is 0 Å². The van der Waals surface area contributed by atoms with Crippen molar-refractivity contribution in [2.24, 2.45) is 5.73 Å². The van der Waals surface area contributed by atoms with Gasteiger partial charge in [0.2, 0.25) is 5.95 Å². The molecule has 1 fully saturated rings. The molecule has 1 saturated heterocycles. The molecule has 1 aliphatic heterocycles. The molecule has 0 saturated carbocycles. The monoisotopic (exact) mass is 279 g/mol. The van der Waals surface area contributed by atoms with E-state index < -0.39 is 0 Å². The SMILES string of the molecule is Cc1cc(C(N)=S)nc(N(C)C2CCN(C)CC2)n1. The van der Waals surface area contributed by atoms with E-state index in [0.717, 1.165) is 37.6 Å². The lowest BCUT2D eigenvalue weighted by atomic mass is 10.0. The van der Waals surface area contributed by atoms with Crippen LogP contribution in [0.3, 0.4) is 0 Å². The van der Waals surface area contributed by atoms with Crippen molar-refractivity contribution >= 4 is 23.2 Å². The van der Waals surface area contributed by atoms with Gasteiger partial charge in [-0.2, -0.15) is 0 Å². The Hall–Kier alpha value is -1.27. The van der Waals surface area contributed by atoms with E-state index in [9.17, 15) is 0 Å². The summed E-state index contributed by atoms with van der Waals surface area (Å²) in [6.45, 7) is 4.17. The van der Waals surface area contributed by atoms with Crippen LogP contribution in [-0.2, 0) is 0 Å². The predicted octanol–water partition coefficient (Wildman–Crippen LogP) is 0.950. The number of aromatic nitrogens is 2. The second kappa shape index (κ2) is 5.79. The van der Waals surface area contributed by atoms with Gasteiger partial charge in [-0.05, 0) is 46.0 Å². The number of piperidine rings is 1. The quantitative estimate of drug-likeness (QED) is 0.831. The Morgan fingerprint density at radius 2 is 2.05 bits per heavy atom. The summed E-state index contributed by atoms with van der Waals surface area (Å²) in [5, 5.41) is 0. The Labute approximate surface area is 119 Å². The van der Waals surface area contributed by atoms with Crippen molar-refractivity contribution in [3.63, 3.8) is 0 Å². The number of hydrogen-bond acceptors (Lipinski definition) is 5. The average molecular weight is 279 g/mol. The third-order valence-electron chi connectivity index (χ3n) is 3.65. The van der Waals surface area contributed by atoms with Crippen molar-refractivity contribution in [2.45, 2.75) is 25.8 Å². The van der Waals surface area contributed by atoms with E-state index in [1.54, 1.807) is 0 Å². The van der Waals surface area contributed by atoms with E-state index in [0.29, 0.717) is 16.7 Å². The van der Waals surface area contributed by atoms with Crippen molar-refractivity contribution in [3.05, 3.63) is 17.5 Å². The Balaban J connectivity index is 2.18. The Kier molecular flexibility index (Phi) is 4.31. The summed E-state index contributed by atoms with van der Waals surface area (Å²) in [6, 6.07) is 2.31. The molecule has 19 heavy (non-hydrogen) atoms. The maximum Gasteiger partial charge on any atom is 0.226 e. The molecule has 0 bridgehead atoms. The summed E-state index contributed by atoms with van der Waals surface area (Å²) in [5.41, 5.74) is 7.21. The second-order valence-electron chi connectivity index (χ2n) is 5.20. The Morgan fingerprint density at radius 1 is 1.42 bits per heavy atom. The predicted molar refractivity (Wildman–Crippen MR) is 81.6 cm³/mol. The van der Waals surface area contributed by atoms with Gasteiger partial charge in [0.25, 0.3) is 0 Å². The van der Waals surface area contributed by atoms with Gasteiger partial charge in [0.1, 0.15) is 10.7 Å². The topological polar surface area (TPSA) is 58.3 Å². The molecule has 0 atom stereocenters. The Bertz CT molecular complexity index is 468. The number of aryl methyl sites for hydroxylation is 1. The molecular formula is C13H21N5S. The summed E-state index contributed by atoms with van der Waals surface area (Å²) in [7, 11) is 4.21. The van der Waals surface area contributed by atoms with Crippen LogP contribution in [0.4, 0.5) is 5.95 Å². The molecule has 0 aliphatic carbocycles. The van der Waals surface area contributed by atoms with E-state index in [1.165, 1.54) is 0 Å². The first-order valence-electron chi connectivity index (χ1n) is 6.54. The highest BCUT2D eigenvalue weighted by Gasteiger charge is 2.22. The number of nitrogens with zero attached hydrogens (tertiary/aromatic N) is 4. The first kappa shape index (κ1) is 14.1. The minimum atomic E-state index is 0.323. The molecule has 6 heteroatoms. The molecule has 2 rings (SSSR count). The second-order valence-corrected chi connectivity index (χ2v) is 5.64. The smallest absolute Gasteiger partial charge is 0.226 e. The number of hydrogen-bond donors (Lipinski definition) is 1. The summed E-state index contributed by atoms with van der Waals surface area (Å²) >= 11 is 5.00. The molecule has 2 N–H and O–H groups in total. The van der Waals surface area contributed by atoms with E-state index in [-0.39, 0.29) is 0 Å². The van der Waals surface area contributed by atoms with Crippen molar-refractivity contribution in [2.75, 3.05) is 32.1 Å². The van der Waals surface area contributed by atoms with Crippen LogP contribution in [-0.4, -0.2) is 53.1 Å². The zero-order valence-corrected chi connectivity index (χ0v) is 12.6. The number of thiocarbonyl (C=S) groups is 1. The van der Waals surface area contributed by atoms with Crippen molar-refractivity contribution in [1.82, 2.24) is 14.9 Å². The molecule has 1 aromatic heterocycles. The third-order valence-corrected chi connectivity index (χ3v) is 3.86. The summed E-state index contributed by atoms with van der Waals surface area (Å²) in [5.74, 6) is 0.720. The average Bonchev–Trinajstić information content (AvgIpc) is 2.38. The first-order chi connectivity index (χ1) is 8.97. The minimum Gasteiger partial charge on any atom is -0.388 e. The fourth-order valence-electron chi connectivity index (χ4n) is 2.38. The van der Waals surface area contributed by atoms with Crippen LogP contribution in [0.1, 0.15) is 24.2 Å². The fourth-order valence-corrected chi connectivity index (χ4v) is 2.49. The maximum atomic E-state index is 5.66. The summed E-state index contributed by atoms with van der Waals surface area (Å²) < 4.78 is 0. The highest BCUT2D eigenvalue weighted by atomic mass is 32.1. The van der Waals surface area contributed by atoms with E-state index in [2.05, 4.69) is 26.8 Å². The molecule has 0 radical (unpaired) electrons. The zero-order valence-electron chi connectivity index (χ0n) is 11.8. The zero-order chi connectivity index (χ0) is 14.0. The van der Waals surface area contributed by atoms with Crippen LogP contribution in [0.2, 0.25) is 0 Å². The molecule has 1 aliphatic rings. The largest absolute Gasteiger partial charge is 0.388 e. The molecule has 1 aromatic rings. The highest BCUT2D eigenvalue weighted by molar-refractivity contribution is 7.80. The van der Waals surface area contributed by atoms with Gasteiger partial charge >= 0.3 is 0 Å². The van der Waals surface area contributed by atoms with E-state index in [4.69, 9.17) is 18.0 Å². The van der Waals surface area contributed by atoms with Gasteiger partial charge in [-0.3, -0.25) is 0 Å². The maximum absolute atomic E-state index is 5.66. The minimum absolute atomic E-state index is 0.323. The molecule has 0 aromatic carbocycles. The lowest BCUT2D eigenvalue weighted by Crippen LogP contribution is -2.42.